The van der Waals surface area contributed by atoms with Gasteiger partial charge >= 0.3 is 0 Å². The maximum absolute atomic E-state index is 5.72. The highest BCUT2D eigenvalue weighted by Gasteiger charge is 2.26. The molecular weight excluding hydrogens is 350 g/mol. The molecule has 0 spiro atoms. The van der Waals surface area contributed by atoms with Crippen molar-refractivity contribution in [3.8, 4) is 28.7 Å². The van der Waals surface area contributed by atoms with Gasteiger partial charge in [-0.3, -0.25) is 0 Å². The van der Waals surface area contributed by atoms with Crippen LogP contribution in [0.3, 0.4) is 0 Å². The second kappa shape index (κ2) is 6.28. The Morgan fingerprint density at radius 2 is 2.04 bits per heavy atom. The Labute approximate surface area is 155 Å². The molecular formula is C18H19N5O2S. The molecule has 26 heavy (non-hydrogen) atoms. The predicted molar refractivity (Wildman–Crippen MR) is 99.4 cm³/mol. The third kappa shape index (κ3) is 2.90. The van der Waals surface area contributed by atoms with E-state index >= 15 is 0 Å². The summed E-state index contributed by atoms with van der Waals surface area (Å²) in [4.78, 5) is 9.40. The van der Waals surface area contributed by atoms with Gasteiger partial charge in [0.25, 0.3) is 0 Å². The maximum atomic E-state index is 5.72. The first kappa shape index (κ1) is 15.6. The maximum Gasteiger partial charge on any atom is 0.183 e. The van der Waals surface area contributed by atoms with Gasteiger partial charge in [-0.2, -0.15) is 5.10 Å². The lowest BCUT2D eigenvalue weighted by Crippen LogP contribution is -2.15. The number of thiazole rings is 1. The van der Waals surface area contributed by atoms with Gasteiger partial charge in [-0.05, 0) is 30.9 Å². The molecule has 1 aliphatic heterocycles. The second-order valence-electron chi connectivity index (χ2n) is 6.53. The van der Waals surface area contributed by atoms with E-state index in [4.69, 9.17) is 19.6 Å². The molecule has 2 aromatic heterocycles. The zero-order chi connectivity index (χ0) is 17.5. The van der Waals surface area contributed by atoms with Crippen molar-refractivity contribution in [3.05, 3.63) is 29.4 Å². The Kier molecular flexibility index (Phi) is 3.77. The van der Waals surface area contributed by atoms with Crippen LogP contribution in [0.15, 0.2) is 23.6 Å². The standard InChI is InChI=1S/C18H19N5O2S/c1-19-18-20-13(10-26-18)17-21-16(8-11-2-3-11)22-23(17)12-4-5-14-15(9-12)25-7-6-24-14/h4-5,9-11H,2-3,6-8H2,1H3,(H,19,20). The number of benzene rings is 1. The van der Waals surface area contributed by atoms with E-state index < -0.39 is 0 Å². The van der Waals surface area contributed by atoms with Gasteiger partial charge < -0.3 is 14.8 Å². The Balaban J connectivity index is 1.58. The van der Waals surface area contributed by atoms with E-state index in [-0.39, 0.29) is 0 Å². The summed E-state index contributed by atoms with van der Waals surface area (Å²) in [7, 11) is 1.87. The lowest BCUT2D eigenvalue weighted by atomic mass is 10.2. The summed E-state index contributed by atoms with van der Waals surface area (Å²) in [6, 6.07) is 5.87. The van der Waals surface area contributed by atoms with Gasteiger partial charge in [0, 0.05) is 24.9 Å². The van der Waals surface area contributed by atoms with E-state index in [0.29, 0.717) is 13.2 Å². The van der Waals surface area contributed by atoms with Crippen LogP contribution >= 0.6 is 11.3 Å². The van der Waals surface area contributed by atoms with Crippen LogP contribution in [0.1, 0.15) is 18.7 Å². The van der Waals surface area contributed by atoms with Crippen LogP contribution in [-0.4, -0.2) is 40.0 Å². The van der Waals surface area contributed by atoms with Crippen molar-refractivity contribution in [2.45, 2.75) is 19.3 Å². The zero-order valence-electron chi connectivity index (χ0n) is 14.4. The molecule has 8 heteroatoms. The number of rotatable bonds is 5. The summed E-state index contributed by atoms with van der Waals surface area (Å²) in [6.45, 7) is 1.14. The predicted octanol–water partition coefficient (Wildman–Crippen LogP) is 3.16. The van der Waals surface area contributed by atoms with Gasteiger partial charge in [-0.25, -0.2) is 14.6 Å². The monoisotopic (exact) mass is 369 g/mol. The summed E-state index contributed by atoms with van der Waals surface area (Å²) in [5, 5.41) is 10.7. The van der Waals surface area contributed by atoms with Crippen LogP contribution in [0.2, 0.25) is 0 Å². The van der Waals surface area contributed by atoms with Gasteiger partial charge in [0.1, 0.15) is 18.9 Å². The second-order valence-corrected chi connectivity index (χ2v) is 7.38. The van der Waals surface area contributed by atoms with Crippen LogP contribution in [0.4, 0.5) is 5.13 Å². The third-order valence-corrected chi connectivity index (χ3v) is 5.40. The van der Waals surface area contributed by atoms with Gasteiger partial charge in [0.15, 0.2) is 28.3 Å². The smallest absolute Gasteiger partial charge is 0.183 e. The first-order valence-electron chi connectivity index (χ1n) is 8.80. The SMILES string of the molecule is CNc1nc(-c2nc(CC3CC3)nn2-c2ccc3c(c2)OCCO3)cs1. The fourth-order valence-corrected chi connectivity index (χ4v) is 3.67. The highest BCUT2D eigenvalue weighted by molar-refractivity contribution is 7.14. The molecule has 1 N–H and O–H groups in total. The minimum Gasteiger partial charge on any atom is -0.486 e. The van der Waals surface area contributed by atoms with Crippen LogP contribution in [0, 0.1) is 5.92 Å². The highest BCUT2D eigenvalue weighted by Crippen LogP contribution is 2.35. The molecule has 0 bridgehead atoms. The van der Waals surface area contributed by atoms with E-state index in [1.807, 2.05) is 35.3 Å². The molecule has 0 amide bonds. The van der Waals surface area contributed by atoms with E-state index in [1.165, 1.54) is 12.8 Å². The molecule has 0 radical (unpaired) electrons. The lowest BCUT2D eigenvalue weighted by molar-refractivity contribution is 0.171. The van der Waals surface area contributed by atoms with Crippen LogP contribution in [0.5, 0.6) is 11.5 Å². The number of fused-ring (bicyclic) bond motifs is 1. The molecule has 1 saturated carbocycles. The minimum atomic E-state index is 0.561. The molecule has 1 fully saturated rings. The summed E-state index contributed by atoms with van der Waals surface area (Å²) >= 11 is 1.56. The molecule has 0 unspecified atom stereocenters. The quantitative estimate of drug-likeness (QED) is 0.745. The van der Waals surface area contributed by atoms with Crippen molar-refractivity contribution in [1.82, 2.24) is 19.7 Å². The molecule has 134 valence electrons. The number of anilines is 1. The molecule has 3 heterocycles. The Morgan fingerprint density at radius 1 is 1.19 bits per heavy atom. The number of ether oxygens (including phenoxy) is 2. The average molecular weight is 369 g/mol. The minimum absolute atomic E-state index is 0.561. The Morgan fingerprint density at radius 3 is 2.81 bits per heavy atom. The average Bonchev–Trinajstić information content (AvgIpc) is 3.19. The number of hydrogen-bond donors (Lipinski definition) is 1. The Bertz CT molecular complexity index is 947. The third-order valence-electron chi connectivity index (χ3n) is 4.54. The molecule has 1 aromatic carbocycles. The van der Waals surface area contributed by atoms with Gasteiger partial charge in [-0.15, -0.1) is 11.3 Å². The molecule has 1 aliphatic carbocycles. The molecule has 5 rings (SSSR count). The zero-order valence-corrected chi connectivity index (χ0v) is 15.3. The van der Waals surface area contributed by atoms with Crippen LogP contribution in [-0.2, 0) is 6.42 Å². The highest BCUT2D eigenvalue weighted by atomic mass is 32.1. The number of nitrogens with zero attached hydrogens (tertiary/aromatic N) is 4. The summed E-state index contributed by atoms with van der Waals surface area (Å²) in [6.07, 6.45) is 3.47. The number of hydrogen-bond acceptors (Lipinski definition) is 7. The largest absolute Gasteiger partial charge is 0.486 e. The van der Waals surface area contributed by atoms with Gasteiger partial charge in [0.05, 0.1) is 5.69 Å². The van der Waals surface area contributed by atoms with Crippen molar-refractivity contribution in [2.75, 3.05) is 25.6 Å². The van der Waals surface area contributed by atoms with E-state index in [9.17, 15) is 0 Å². The topological polar surface area (TPSA) is 74.1 Å². The van der Waals surface area contributed by atoms with Crippen LogP contribution < -0.4 is 14.8 Å². The molecule has 0 saturated heterocycles. The van der Waals surface area contributed by atoms with E-state index in [1.54, 1.807) is 11.3 Å². The number of aromatic nitrogens is 4. The summed E-state index contributed by atoms with van der Waals surface area (Å²) in [5.74, 6) is 3.87. The molecule has 0 atom stereocenters. The van der Waals surface area contributed by atoms with E-state index in [2.05, 4.69) is 10.3 Å². The molecule has 7 nitrogen and oxygen atoms in total. The van der Waals surface area contributed by atoms with Crippen molar-refractivity contribution in [1.29, 1.82) is 0 Å². The van der Waals surface area contributed by atoms with Crippen molar-refractivity contribution < 1.29 is 9.47 Å². The summed E-state index contributed by atoms with van der Waals surface area (Å²) in [5.41, 5.74) is 1.72. The van der Waals surface area contributed by atoms with Crippen molar-refractivity contribution >= 4 is 16.5 Å². The fourth-order valence-electron chi connectivity index (χ4n) is 3.02. The summed E-state index contributed by atoms with van der Waals surface area (Å²) < 4.78 is 13.2. The molecule has 2 aliphatic rings. The van der Waals surface area contributed by atoms with Gasteiger partial charge in [-0.1, -0.05) is 0 Å². The van der Waals surface area contributed by atoms with Crippen molar-refractivity contribution in [2.24, 2.45) is 5.92 Å². The Hall–Kier alpha value is -2.61. The van der Waals surface area contributed by atoms with Crippen LogP contribution in [0.25, 0.3) is 17.2 Å². The van der Waals surface area contributed by atoms with Gasteiger partial charge in [0.2, 0.25) is 0 Å². The first-order chi connectivity index (χ1) is 12.8. The normalized spacial score (nSPS) is 15.9. The van der Waals surface area contributed by atoms with E-state index in [0.717, 1.165) is 52.0 Å². The lowest BCUT2D eigenvalue weighted by Gasteiger charge is -2.19. The fraction of sp³-hybridized carbons (Fsp3) is 0.389. The van der Waals surface area contributed by atoms with Crippen molar-refractivity contribution in [3.63, 3.8) is 0 Å². The number of nitrogens with one attached hydrogen (secondary N) is 1. The molecule has 3 aromatic rings. The first-order valence-corrected chi connectivity index (χ1v) is 9.68.